The van der Waals surface area contributed by atoms with E-state index in [9.17, 15) is 13.2 Å². The lowest BCUT2D eigenvalue weighted by atomic mass is 9.97. The van der Waals surface area contributed by atoms with E-state index in [2.05, 4.69) is 21.2 Å². The van der Waals surface area contributed by atoms with E-state index < -0.39 is 10.0 Å². The van der Waals surface area contributed by atoms with Crippen LogP contribution in [0.2, 0.25) is 0 Å². The number of sulfonamides is 1. The molecule has 0 unspecified atom stereocenters. The first-order valence-corrected chi connectivity index (χ1v) is 9.39. The number of piperidine rings is 1. The summed E-state index contributed by atoms with van der Waals surface area (Å²) in [6.07, 6.45) is 1.15. The molecule has 1 amide bonds. The third-order valence-corrected chi connectivity index (χ3v) is 7.24. The number of carbonyl (C=O) groups is 1. The Bertz CT molecular complexity index is 604. The van der Waals surface area contributed by atoms with E-state index in [1.54, 1.807) is 20.0 Å². The maximum absolute atomic E-state index is 12.6. The van der Waals surface area contributed by atoms with Gasteiger partial charge in [-0.1, -0.05) is 0 Å². The molecule has 2 rings (SSSR count). The van der Waals surface area contributed by atoms with Gasteiger partial charge in [0, 0.05) is 30.9 Å². The van der Waals surface area contributed by atoms with Crippen LogP contribution in [0.25, 0.3) is 0 Å². The van der Waals surface area contributed by atoms with Gasteiger partial charge in [-0.2, -0.15) is 4.31 Å². The lowest BCUT2D eigenvalue weighted by Crippen LogP contribution is -2.42. The maximum Gasteiger partial charge on any atom is 0.244 e. The Hall–Kier alpha value is -0.440. The van der Waals surface area contributed by atoms with Crippen molar-refractivity contribution in [2.45, 2.75) is 24.7 Å². The van der Waals surface area contributed by atoms with E-state index in [1.807, 2.05) is 0 Å². The zero-order valence-corrected chi connectivity index (χ0v) is 14.6. The summed E-state index contributed by atoms with van der Waals surface area (Å²) in [5.41, 5.74) is 0. The number of carbonyl (C=O) groups excluding carboxylic acids is 1. The van der Waals surface area contributed by atoms with Gasteiger partial charge in [0.25, 0.3) is 0 Å². The minimum Gasteiger partial charge on any atom is -0.359 e. The first-order valence-electron chi connectivity index (χ1n) is 6.34. The number of nitrogens with zero attached hydrogens (tertiary/aromatic N) is 1. The average molecular weight is 381 g/mol. The Balaban J connectivity index is 2.14. The van der Waals surface area contributed by atoms with Crippen molar-refractivity contribution in [3.8, 4) is 0 Å². The van der Waals surface area contributed by atoms with Gasteiger partial charge in [0.2, 0.25) is 15.9 Å². The van der Waals surface area contributed by atoms with Gasteiger partial charge in [-0.05, 0) is 41.8 Å². The van der Waals surface area contributed by atoms with Crippen molar-refractivity contribution in [1.82, 2.24) is 9.62 Å². The van der Waals surface area contributed by atoms with Gasteiger partial charge in [0.1, 0.15) is 0 Å². The average Bonchev–Trinajstić information content (AvgIpc) is 2.77. The molecule has 1 aromatic heterocycles. The highest BCUT2D eigenvalue weighted by Gasteiger charge is 2.33. The standard InChI is InChI=1S/C12H17BrN2O3S2/c1-8-10(7-11(13)19-8)20(17,18)15-5-3-9(4-6-15)12(16)14-2/h7,9H,3-6H2,1-2H3,(H,14,16). The van der Waals surface area contributed by atoms with Crippen molar-refractivity contribution in [2.24, 2.45) is 5.92 Å². The molecule has 1 N–H and O–H groups in total. The second-order valence-electron chi connectivity index (χ2n) is 4.76. The highest BCUT2D eigenvalue weighted by Crippen LogP contribution is 2.33. The molecule has 0 saturated carbocycles. The molecule has 0 radical (unpaired) electrons. The fourth-order valence-electron chi connectivity index (χ4n) is 2.39. The molecule has 0 atom stereocenters. The van der Waals surface area contributed by atoms with Crippen LogP contribution in [-0.4, -0.2) is 38.8 Å². The highest BCUT2D eigenvalue weighted by atomic mass is 79.9. The molecule has 20 heavy (non-hydrogen) atoms. The Morgan fingerprint density at radius 2 is 2.05 bits per heavy atom. The van der Waals surface area contributed by atoms with Crippen LogP contribution in [0.3, 0.4) is 0 Å². The Morgan fingerprint density at radius 3 is 2.50 bits per heavy atom. The van der Waals surface area contributed by atoms with E-state index >= 15 is 0 Å². The molecule has 0 bridgehead atoms. The predicted molar refractivity (Wildman–Crippen MR) is 82.3 cm³/mol. The monoisotopic (exact) mass is 380 g/mol. The van der Waals surface area contributed by atoms with E-state index in [1.165, 1.54) is 15.6 Å². The first kappa shape index (κ1) is 15.9. The maximum atomic E-state index is 12.6. The number of aryl methyl sites for hydroxylation is 1. The molecule has 0 aliphatic carbocycles. The van der Waals surface area contributed by atoms with Gasteiger partial charge in [-0.3, -0.25) is 4.79 Å². The summed E-state index contributed by atoms with van der Waals surface area (Å²) in [6.45, 7) is 2.60. The number of hydrogen-bond donors (Lipinski definition) is 1. The Labute approximate surface area is 131 Å². The molecule has 8 heteroatoms. The molecule has 1 saturated heterocycles. The normalized spacial score (nSPS) is 18.1. The van der Waals surface area contributed by atoms with Crippen LogP contribution in [0.4, 0.5) is 0 Å². The topological polar surface area (TPSA) is 66.5 Å². The Morgan fingerprint density at radius 1 is 1.45 bits per heavy atom. The fourth-order valence-corrected chi connectivity index (χ4v) is 6.24. The van der Waals surface area contributed by atoms with Gasteiger partial charge < -0.3 is 5.32 Å². The number of rotatable bonds is 3. The quantitative estimate of drug-likeness (QED) is 0.871. The van der Waals surface area contributed by atoms with Crippen LogP contribution in [0.1, 0.15) is 17.7 Å². The van der Waals surface area contributed by atoms with Crippen LogP contribution in [0, 0.1) is 12.8 Å². The molecule has 0 spiro atoms. The van der Waals surface area contributed by atoms with Crippen molar-refractivity contribution in [1.29, 1.82) is 0 Å². The number of nitrogens with one attached hydrogen (secondary N) is 1. The molecule has 1 fully saturated rings. The fraction of sp³-hybridized carbons (Fsp3) is 0.583. The van der Waals surface area contributed by atoms with Gasteiger partial charge in [0.15, 0.2) is 0 Å². The number of hydrogen-bond acceptors (Lipinski definition) is 4. The van der Waals surface area contributed by atoms with Crippen molar-refractivity contribution < 1.29 is 13.2 Å². The van der Waals surface area contributed by atoms with Gasteiger partial charge in [0.05, 0.1) is 8.68 Å². The van der Waals surface area contributed by atoms with Crippen LogP contribution in [0.15, 0.2) is 14.7 Å². The van der Waals surface area contributed by atoms with E-state index in [4.69, 9.17) is 0 Å². The lowest BCUT2D eigenvalue weighted by Gasteiger charge is -2.30. The van der Waals surface area contributed by atoms with Crippen LogP contribution in [0.5, 0.6) is 0 Å². The first-order chi connectivity index (χ1) is 9.36. The minimum atomic E-state index is -3.45. The van der Waals surface area contributed by atoms with Crippen LogP contribution < -0.4 is 5.32 Å². The van der Waals surface area contributed by atoms with Gasteiger partial charge >= 0.3 is 0 Å². The smallest absolute Gasteiger partial charge is 0.244 e. The number of thiophene rings is 1. The van der Waals surface area contributed by atoms with Gasteiger partial charge in [-0.25, -0.2) is 8.42 Å². The second-order valence-corrected chi connectivity index (χ2v) is 9.31. The van der Waals surface area contributed by atoms with Crippen molar-refractivity contribution in [3.05, 3.63) is 14.7 Å². The van der Waals surface area contributed by atoms with Crippen molar-refractivity contribution in [3.63, 3.8) is 0 Å². The summed E-state index contributed by atoms with van der Waals surface area (Å²) in [7, 11) is -1.84. The van der Waals surface area contributed by atoms with Crippen molar-refractivity contribution in [2.75, 3.05) is 20.1 Å². The summed E-state index contributed by atoms with van der Waals surface area (Å²) in [5.74, 6) is -0.0849. The summed E-state index contributed by atoms with van der Waals surface area (Å²) in [5, 5.41) is 2.62. The second kappa shape index (κ2) is 6.13. The molecule has 1 aliphatic heterocycles. The van der Waals surface area contributed by atoms with Crippen molar-refractivity contribution >= 4 is 43.2 Å². The third kappa shape index (κ3) is 3.08. The molecule has 2 heterocycles. The molecule has 5 nitrogen and oxygen atoms in total. The lowest BCUT2D eigenvalue weighted by molar-refractivity contribution is -0.125. The number of halogens is 1. The van der Waals surface area contributed by atoms with E-state index in [-0.39, 0.29) is 11.8 Å². The molecule has 1 aliphatic rings. The third-order valence-electron chi connectivity index (χ3n) is 3.53. The summed E-state index contributed by atoms with van der Waals surface area (Å²) < 4.78 is 27.5. The van der Waals surface area contributed by atoms with Crippen LogP contribution >= 0.6 is 27.3 Å². The molecule has 0 aromatic carbocycles. The van der Waals surface area contributed by atoms with Gasteiger partial charge in [-0.15, -0.1) is 11.3 Å². The Kier molecular flexibility index (Phi) is 4.88. The largest absolute Gasteiger partial charge is 0.359 e. The zero-order valence-electron chi connectivity index (χ0n) is 11.3. The molecular formula is C12H17BrN2O3S2. The molecule has 1 aromatic rings. The SMILES string of the molecule is CNC(=O)C1CCN(S(=O)(=O)c2cc(Br)sc2C)CC1. The minimum absolute atomic E-state index is 0.00323. The summed E-state index contributed by atoms with van der Waals surface area (Å²) in [4.78, 5) is 12.7. The molecular weight excluding hydrogens is 364 g/mol. The van der Waals surface area contributed by atoms with E-state index in [0.29, 0.717) is 30.8 Å². The number of amides is 1. The summed E-state index contributed by atoms with van der Waals surface area (Å²) in [6, 6.07) is 1.65. The molecule has 112 valence electrons. The van der Waals surface area contributed by atoms with E-state index in [0.717, 1.165) is 8.66 Å². The highest BCUT2D eigenvalue weighted by molar-refractivity contribution is 9.11. The summed E-state index contributed by atoms with van der Waals surface area (Å²) >= 11 is 4.74. The zero-order chi connectivity index (χ0) is 14.9. The van der Waals surface area contributed by atoms with Crippen LogP contribution in [-0.2, 0) is 14.8 Å². The predicted octanol–water partition coefficient (Wildman–Crippen LogP) is 1.97.